The molecule has 1 aliphatic heterocycles. The predicted molar refractivity (Wildman–Crippen MR) is 125 cm³/mol. The van der Waals surface area contributed by atoms with Gasteiger partial charge in [-0.3, -0.25) is 14.5 Å². The van der Waals surface area contributed by atoms with Crippen LogP contribution in [0.5, 0.6) is 11.5 Å². The fourth-order valence-electron chi connectivity index (χ4n) is 3.72. The molecule has 0 radical (unpaired) electrons. The molecule has 3 aromatic rings. The first kappa shape index (κ1) is 22.1. The lowest BCUT2D eigenvalue weighted by molar-refractivity contribution is -0.129. The smallest absolute Gasteiger partial charge is 0.325 e. The van der Waals surface area contributed by atoms with Crippen LogP contribution in [0.3, 0.4) is 0 Å². The van der Waals surface area contributed by atoms with E-state index in [0.717, 1.165) is 11.3 Å². The summed E-state index contributed by atoms with van der Waals surface area (Å²) in [6.07, 6.45) is 0.329. The Morgan fingerprint density at radius 1 is 0.939 bits per heavy atom. The number of carbonyl (C=O) groups excluding carboxylic acids is 3. The molecule has 0 aliphatic carbocycles. The van der Waals surface area contributed by atoms with Crippen molar-refractivity contribution in [3.8, 4) is 11.5 Å². The Bertz CT molecular complexity index is 1120. The van der Waals surface area contributed by atoms with E-state index in [4.69, 9.17) is 4.74 Å². The summed E-state index contributed by atoms with van der Waals surface area (Å²) >= 11 is 0. The summed E-state index contributed by atoms with van der Waals surface area (Å²) in [4.78, 5) is 38.8. The maximum Gasteiger partial charge on any atom is 0.325 e. The number of rotatable bonds is 8. The number of anilines is 1. The zero-order chi connectivity index (χ0) is 23.2. The van der Waals surface area contributed by atoms with Crippen LogP contribution in [0.2, 0.25) is 0 Å². The van der Waals surface area contributed by atoms with Crippen LogP contribution in [0.25, 0.3) is 0 Å². The van der Waals surface area contributed by atoms with E-state index in [2.05, 4.69) is 10.6 Å². The Morgan fingerprint density at radius 3 is 2.21 bits per heavy atom. The molecule has 33 heavy (non-hydrogen) atoms. The molecule has 0 spiro atoms. The molecule has 7 nitrogen and oxygen atoms in total. The number of para-hydroxylation sites is 1. The summed E-state index contributed by atoms with van der Waals surface area (Å²) in [5.74, 6) is 0.842. The minimum absolute atomic E-state index is 0.104. The first-order valence-corrected chi connectivity index (χ1v) is 10.8. The summed E-state index contributed by atoms with van der Waals surface area (Å²) in [6.45, 7) is 1.81. The van der Waals surface area contributed by atoms with Gasteiger partial charge in [-0.25, -0.2) is 4.79 Å². The molecular formula is C26H25N3O4. The molecule has 1 aliphatic rings. The first-order valence-electron chi connectivity index (χ1n) is 10.8. The molecule has 0 bridgehead atoms. The summed E-state index contributed by atoms with van der Waals surface area (Å²) in [5, 5.41) is 5.51. The van der Waals surface area contributed by atoms with Gasteiger partial charge in [0.05, 0.1) is 6.04 Å². The minimum Gasteiger partial charge on any atom is -0.457 e. The average Bonchev–Trinajstić information content (AvgIpc) is 3.12. The molecular weight excluding hydrogens is 418 g/mol. The highest BCUT2D eigenvalue weighted by Crippen LogP contribution is 2.26. The average molecular weight is 444 g/mol. The molecule has 0 aromatic heterocycles. The van der Waals surface area contributed by atoms with E-state index < -0.39 is 12.1 Å². The van der Waals surface area contributed by atoms with Gasteiger partial charge in [0, 0.05) is 12.1 Å². The van der Waals surface area contributed by atoms with E-state index in [1.165, 1.54) is 4.90 Å². The molecule has 1 fully saturated rings. The number of hydrogen-bond acceptors (Lipinski definition) is 4. The SMILES string of the molecule is C[C@H](c1ccccc1)N1C(=O)N[C@H](CCC(=O)Nc2ccc(Oc3ccccc3)cc2)C1=O. The first-order chi connectivity index (χ1) is 16.0. The van der Waals surface area contributed by atoms with Crippen molar-refractivity contribution < 1.29 is 19.1 Å². The lowest BCUT2D eigenvalue weighted by Crippen LogP contribution is -2.34. The summed E-state index contributed by atoms with van der Waals surface area (Å²) in [5.41, 5.74) is 1.50. The fraction of sp³-hybridized carbons (Fsp3) is 0.192. The van der Waals surface area contributed by atoms with Crippen molar-refractivity contribution in [3.05, 3.63) is 90.5 Å². The Labute approximate surface area is 192 Å². The van der Waals surface area contributed by atoms with Gasteiger partial charge in [0.25, 0.3) is 5.91 Å². The number of urea groups is 1. The normalized spacial score (nSPS) is 16.3. The number of benzene rings is 3. The number of ether oxygens (including phenoxy) is 1. The van der Waals surface area contributed by atoms with E-state index in [0.29, 0.717) is 11.4 Å². The largest absolute Gasteiger partial charge is 0.457 e. The van der Waals surface area contributed by atoms with E-state index >= 15 is 0 Å². The minimum atomic E-state index is -0.712. The summed E-state index contributed by atoms with van der Waals surface area (Å²) in [7, 11) is 0. The lowest BCUT2D eigenvalue weighted by atomic mass is 10.1. The van der Waals surface area contributed by atoms with Gasteiger partial charge in [0.2, 0.25) is 5.91 Å². The Hall–Kier alpha value is -4.13. The Kier molecular flexibility index (Phi) is 6.69. The molecule has 7 heteroatoms. The third-order valence-electron chi connectivity index (χ3n) is 5.50. The van der Waals surface area contributed by atoms with Gasteiger partial charge in [-0.15, -0.1) is 0 Å². The molecule has 0 saturated carbocycles. The van der Waals surface area contributed by atoms with Gasteiger partial charge in [-0.1, -0.05) is 48.5 Å². The zero-order valence-corrected chi connectivity index (χ0v) is 18.2. The maximum atomic E-state index is 12.8. The lowest BCUT2D eigenvalue weighted by Gasteiger charge is -2.21. The number of nitrogens with zero attached hydrogens (tertiary/aromatic N) is 1. The van der Waals surface area contributed by atoms with Gasteiger partial charge in [-0.2, -0.15) is 0 Å². The molecule has 3 aromatic carbocycles. The number of hydrogen-bond donors (Lipinski definition) is 2. The topological polar surface area (TPSA) is 87.7 Å². The van der Waals surface area contributed by atoms with Gasteiger partial charge in [0.15, 0.2) is 0 Å². The molecule has 0 unspecified atom stereocenters. The van der Waals surface area contributed by atoms with Crippen LogP contribution in [0.1, 0.15) is 31.4 Å². The van der Waals surface area contributed by atoms with E-state index in [9.17, 15) is 14.4 Å². The van der Waals surface area contributed by atoms with Crippen LogP contribution in [0.15, 0.2) is 84.9 Å². The van der Waals surface area contributed by atoms with Crippen LogP contribution in [-0.2, 0) is 9.59 Å². The van der Waals surface area contributed by atoms with Gasteiger partial charge in [0.1, 0.15) is 17.5 Å². The van der Waals surface area contributed by atoms with Crippen LogP contribution in [0.4, 0.5) is 10.5 Å². The van der Waals surface area contributed by atoms with Crippen LogP contribution < -0.4 is 15.4 Å². The molecule has 2 N–H and O–H groups in total. The molecule has 168 valence electrons. The van der Waals surface area contributed by atoms with E-state index in [-0.39, 0.29) is 30.7 Å². The zero-order valence-electron chi connectivity index (χ0n) is 18.2. The Balaban J connectivity index is 1.28. The second-order valence-electron chi connectivity index (χ2n) is 7.82. The molecule has 1 saturated heterocycles. The predicted octanol–water partition coefficient (Wildman–Crippen LogP) is 4.88. The highest BCUT2D eigenvalue weighted by atomic mass is 16.5. The standard InChI is InChI=1S/C26H25N3O4/c1-18(19-8-4-2-5-9-19)29-25(31)23(28-26(29)32)16-17-24(30)27-20-12-14-22(15-13-20)33-21-10-6-3-7-11-21/h2-15,18,23H,16-17H2,1H3,(H,27,30)(H,28,32)/t18-,23-/m1/s1. The van der Waals surface area contributed by atoms with Crippen molar-refractivity contribution in [2.24, 2.45) is 0 Å². The highest BCUT2D eigenvalue weighted by Gasteiger charge is 2.40. The molecule has 2 atom stereocenters. The van der Waals surface area contributed by atoms with Crippen molar-refractivity contribution in [2.75, 3.05) is 5.32 Å². The van der Waals surface area contributed by atoms with Crippen LogP contribution in [0, 0.1) is 0 Å². The second kappa shape index (κ2) is 9.99. The third-order valence-corrected chi connectivity index (χ3v) is 5.50. The van der Waals surface area contributed by atoms with Gasteiger partial charge >= 0.3 is 6.03 Å². The van der Waals surface area contributed by atoms with Crippen molar-refractivity contribution in [2.45, 2.75) is 31.8 Å². The number of carbonyl (C=O) groups is 3. The molecule has 4 amide bonds. The van der Waals surface area contributed by atoms with E-state index in [1.807, 2.05) is 67.6 Å². The summed E-state index contributed by atoms with van der Waals surface area (Å²) in [6, 6.07) is 24.3. The highest BCUT2D eigenvalue weighted by molar-refractivity contribution is 6.05. The quantitative estimate of drug-likeness (QED) is 0.486. The molecule has 4 rings (SSSR count). The maximum absolute atomic E-state index is 12.8. The van der Waals surface area contributed by atoms with Crippen molar-refractivity contribution in [3.63, 3.8) is 0 Å². The van der Waals surface area contributed by atoms with Crippen molar-refractivity contribution in [1.82, 2.24) is 10.2 Å². The second-order valence-corrected chi connectivity index (χ2v) is 7.82. The monoisotopic (exact) mass is 443 g/mol. The fourth-order valence-corrected chi connectivity index (χ4v) is 3.72. The number of amides is 4. The van der Waals surface area contributed by atoms with Crippen LogP contribution >= 0.6 is 0 Å². The van der Waals surface area contributed by atoms with E-state index in [1.54, 1.807) is 24.3 Å². The van der Waals surface area contributed by atoms with Crippen molar-refractivity contribution in [1.29, 1.82) is 0 Å². The third kappa shape index (κ3) is 5.38. The number of nitrogens with one attached hydrogen (secondary N) is 2. The van der Waals surface area contributed by atoms with Crippen molar-refractivity contribution >= 4 is 23.5 Å². The van der Waals surface area contributed by atoms with Gasteiger partial charge < -0.3 is 15.4 Å². The van der Waals surface area contributed by atoms with Crippen LogP contribution in [-0.4, -0.2) is 28.8 Å². The number of imide groups is 1. The summed E-state index contributed by atoms with van der Waals surface area (Å²) < 4.78 is 5.74. The van der Waals surface area contributed by atoms with Gasteiger partial charge in [-0.05, 0) is 55.3 Å². The molecule has 1 heterocycles. The Morgan fingerprint density at radius 2 is 1.55 bits per heavy atom.